The second kappa shape index (κ2) is 8.77. The van der Waals surface area contributed by atoms with Crippen molar-refractivity contribution in [3.63, 3.8) is 0 Å². The maximum atomic E-state index is 13.1. The molecule has 0 aromatic heterocycles. The van der Waals surface area contributed by atoms with Crippen molar-refractivity contribution in [1.82, 2.24) is 15.5 Å². The summed E-state index contributed by atoms with van der Waals surface area (Å²) >= 11 is 0. The van der Waals surface area contributed by atoms with Crippen molar-refractivity contribution < 1.29 is 19.1 Å². The zero-order chi connectivity index (χ0) is 20.9. The van der Waals surface area contributed by atoms with E-state index in [1.54, 1.807) is 31.4 Å². The molecule has 0 aliphatic carbocycles. The van der Waals surface area contributed by atoms with Crippen LogP contribution in [0, 0.1) is 0 Å². The van der Waals surface area contributed by atoms with E-state index in [4.69, 9.17) is 4.74 Å². The molecule has 1 fully saturated rings. The number of urea groups is 1. The standard InChI is InChI=1S/C22H25N3O4/c1-3-22(17-9-11-18(29-2)12-10-17)20(27)25(21(28)24-22)15-19(26)23-14-13-16-7-5-4-6-8-16/h4-12H,3,13-15H2,1-2H3,(H,23,26)(H,24,28)/t22-/m0/s1. The second-order valence-electron chi connectivity index (χ2n) is 6.89. The molecule has 0 bridgehead atoms. The number of hydrogen-bond donors (Lipinski definition) is 2. The van der Waals surface area contributed by atoms with Gasteiger partial charge in [-0.05, 0) is 36.1 Å². The summed E-state index contributed by atoms with van der Waals surface area (Å²) in [6.45, 7) is 1.95. The largest absolute Gasteiger partial charge is 0.497 e. The smallest absolute Gasteiger partial charge is 0.325 e. The van der Waals surface area contributed by atoms with Crippen molar-refractivity contribution in [2.24, 2.45) is 0 Å². The van der Waals surface area contributed by atoms with Crippen molar-refractivity contribution in [3.05, 3.63) is 65.7 Å². The molecule has 1 aliphatic rings. The van der Waals surface area contributed by atoms with Crippen molar-refractivity contribution in [1.29, 1.82) is 0 Å². The topological polar surface area (TPSA) is 87.7 Å². The zero-order valence-corrected chi connectivity index (χ0v) is 16.6. The van der Waals surface area contributed by atoms with Crippen LogP contribution in [0.1, 0.15) is 24.5 Å². The monoisotopic (exact) mass is 395 g/mol. The maximum absolute atomic E-state index is 13.1. The quantitative estimate of drug-likeness (QED) is 0.671. The van der Waals surface area contributed by atoms with Crippen LogP contribution < -0.4 is 15.4 Å². The van der Waals surface area contributed by atoms with E-state index in [0.29, 0.717) is 30.7 Å². The first-order chi connectivity index (χ1) is 14.0. The van der Waals surface area contributed by atoms with E-state index in [0.717, 1.165) is 10.5 Å². The van der Waals surface area contributed by atoms with E-state index in [9.17, 15) is 14.4 Å². The Kier molecular flexibility index (Phi) is 6.16. The number of methoxy groups -OCH3 is 1. The molecule has 1 aliphatic heterocycles. The van der Waals surface area contributed by atoms with E-state index in [1.165, 1.54) is 0 Å². The van der Waals surface area contributed by atoms with Crippen LogP contribution >= 0.6 is 0 Å². The van der Waals surface area contributed by atoms with Gasteiger partial charge in [0.05, 0.1) is 7.11 Å². The molecule has 2 N–H and O–H groups in total. The van der Waals surface area contributed by atoms with E-state index < -0.39 is 17.5 Å². The summed E-state index contributed by atoms with van der Waals surface area (Å²) in [6.07, 6.45) is 1.05. The Bertz CT molecular complexity index is 883. The summed E-state index contributed by atoms with van der Waals surface area (Å²) in [7, 11) is 1.56. The fraction of sp³-hybridized carbons (Fsp3) is 0.318. The average molecular weight is 395 g/mol. The van der Waals surface area contributed by atoms with Crippen LogP contribution in [0.5, 0.6) is 5.75 Å². The second-order valence-corrected chi connectivity index (χ2v) is 6.89. The number of hydrogen-bond acceptors (Lipinski definition) is 4. The fourth-order valence-corrected chi connectivity index (χ4v) is 3.48. The Balaban J connectivity index is 1.64. The number of imide groups is 1. The van der Waals surface area contributed by atoms with Gasteiger partial charge in [0.25, 0.3) is 5.91 Å². The van der Waals surface area contributed by atoms with Crippen molar-refractivity contribution in [2.75, 3.05) is 20.2 Å². The molecular weight excluding hydrogens is 370 g/mol. The third-order valence-electron chi connectivity index (χ3n) is 5.17. The number of nitrogens with one attached hydrogen (secondary N) is 2. The highest BCUT2D eigenvalue weighted by molar-refractivity contribution is 6.09. The van der Waals surface area contributed by atoms with Crippen molar-refractivity contribution in [2.45, 2.75) is 25.3 Å². The summed E-state index contributed by atoms with van der Waals surface area (Å²) in [5, 5.41) is 5.54. The minimum absolute atomic E-state index is 0.308. The molecule has 7 nitrogen and oxygen atoms in total. The number of amides is 4. The van der Waals surface area contributed by atoms with Gasteiger partial charge in [-0.1, -0.05) is 49.4 Å². The summed E-state index contributed by atoms with van der Waals surface area (Å²) in [6, 6.07) is 16.2. The first kappa shape index (κ1) is 20.4. The number of benzene rings is 2. The van der Waals surface area contributed by atoms with Crippen LogP contribution in [0.4, 0.5) is 4.79 Å². The van der Waals surface area contributed by atoms with Gasteiger partial charge in [0.2, 0.25) is 5.91 Å². The fourth-order valence-electron chi connectivity index (χ4n) is 3.48. The highest BCUT2D eigenvalue weighted by Gasteiger charge is 2.51. The van der Waals surface area contributed by atoms with Crippen LogP contribution in [0.25, 0.3) is 0 Å². The van der Waals surface area contributed by atoms with Crippen LogP contribution in [0.2, 0.25) is 0 Å². The minimum atomic E-state index is -1.17. The van der Waals surface area contributed by atoms with E-state index >= 15 is 0 Å². The number of nitrogens with zero attached hydrogens (tertiary/aromatic N) is 1. The van der Waals surface area contributed by atoms with Crippen LogP contribution in [-0.2, 0) is 21.5 Å². The predicted octanol–water partition coefficient (Wildman–Crippen LogP) is 2.21. The molecule has 0 saturated carbocycles. The molecule has 0 spiro atoms. The van der Waals surface area contributed by atoms with Gasteiger partial charge in [0, 0.05) is 6.54 Å². The van der Waals surface area contributed by atoms with Gasteiger partial charge in [-0.2, -0.15) is 0 Å². The van der Waals surface area contributed by atoms with Crippen LogP contribution in [0.3, 0.4) is 0 Å². The lowest BCUT2D eigenvalue weighted by molar-refractivity contribution is -0.135. The molecule has 29 heavy (non-hydrogen) atoms. The molecule has 7 heteroatoms. The van der Waals surface area contributed by atoms with Crippen molar-refractivity contribution in [3.8, 4) is 5.75 Å². The third-order valence-corrected chi connectivity index (χ3v) is 5.17. The molecular formula is C22H25N3O4. The SMILES string of the molecule is CC[C@@]1(c2ccc(OC)cc2)NC(=O)N(CC(=O)NCCc2ccccc2)C1=O. The summed E-state index contributed by atoms with van der Waals surface area (Å²) in [5.41, 5.74) is 0.589. The van der Waals surface area contributed by atoms with E-state index in [2.05, 4.69) is 10.6 Å². The lowest BCUT2D eigenvalue weighted by Crippen LogP contribution is -2.45. The first-order valence-corrected chi connectivity index (χ1v) is 9.59. The molecule has 152 valence electrons. The van der Waals surface area contributed by atoms with E-state index in [-0.39, 0.29) is 12.5 Å². The maximum Gasteiger partial charge on any atom is 0.325 e. The highest BCUT2D eigenvalue weighted by atomic mass is 16.5. The Morgan fingerprint density at radius 1 is 1.10 bits per heavy atom. The Morgan fingerprint density at radius 2 is 1.79 bits per heavy atom. The van der Waals surface area contributed by atoms with Gasteiger partial charge < -0.3 is 15.4 Å². The lowest BCUT2D eigenvalue weighted by atomic mass is 9.87. The molecule has 1 saturated heterocycles. The Morgan fingerprint density at radius 3 is 2.41 bits per heavy atom. The Labute approximate surface area is 170 Å². The molecule has 2 aromatic rings. The number of ether oxygens (including phenoxy) is 1. The van der Waals surface area contributed by atoms with Crippen LogP contribution in [-0.4, -0.2) is 42.9 Å². The number of rotatable bonds is 8. The van der Waals surface area contributed by atoms with Crippen molar-refractivity contribution >= 4 is 17.8 Å². The predicted molar refractivity (Wildman–Crippen MR) is 108 cm³/mol. The normalized spacial score (nSPS) is 18.5. The number of carbonyl (C=O) groups is 3. The molecule has 0 unspecified atom stereocenters. The highest BCUT2D eigenvalue weighted by Crippen LogP contribution is 2.33. The van der Waals surface area contributed by atoms with Gasteiger partial charge in [0.1, 0.15) is 17.8 Å². The van der Waals surface area contributed by atoms with Gasteiger partial charge in [-0.25, -0.2) is 4.79 Å². The molecule has 4 amide bonds. The van der Waals surface area contributed by atoms with Gasteiger partial charge in [-0.15, -0.1) is 0 Å². The number of carbonyl (C=O) groups excluding carboxylic acids is 3. The minimum Gasteiger partial charge on any atom is -0.497 e. The summed E-state index contributed by atoms with van der Waals surface area (Å²) < 4.78 is 5.15. The molecule has 3 rings (SSSR count). The Hall–Kier alpha value is -3.35. The third kappa shape index (κ3) is 4.23. The van der Waals surface area contributed by atoms with Crippen LogP contribution in [0.15, 0.2) is 54.6 Å². The van der Waals surface area contributed by atoms with E-state index in [1.807, 2.05) is 37.3 Å². The summed E-state index contributed by atoms with van der Waals surface area (Å²) in [5.74, 6) is -0.133. The molecule has 0 radical (unpaired) electrons. The van der Waals surface area contributed by atoms with Gasteiger partial charge in [-0.3, -0.25) is 14.5 Å². The molecule has 2 aromatic carbocycles. The molecule has 1 atom stereocenters. The first-order valence-electron chi connectivity index (χ1n) is 9.59. The van der Waals surface area contributed by atoms with Gasteiger partial charge >= 0.3 is 6.03 Å². The average Bonchev–Trinajstić information content (AvgIpc) is 2.99. The molecule has 1 heterocycles. The summed E-state index contributed by atoms with van der Waals surface area (Å²) in [4.78, 5) is 38.8. The van der Waals surface area contributed by atoms with Gasteiger partial charge in [0.15, 0.2) is 0 Å². The lowest BCUT2D eigenvalue weighted by Gasteiger charge is -2.26. The zero-order valence-electron chi connectivity index (χ0n) is 16.6.